The Hall–Kier alpha value is 0.720. The molecule has 0 radical (unpaired) electrons. The van der Waals surface area contributed by atoms with Crippen molar-refractivity contribution in [2.24, 2.45) is 0 Å². The van der Waals surface area contributed by atoms with Crippen LogP contribution < -0.4 is 4.74 Å². The molecule has 114 valence electrons. The molecule has 0 bridgehead atoms. The minimum absolute atomic E-state index is 0.0677. The largest absolute Gasteiger partial charge is 0.491 e. The first-order valence-electron chi connectivity index (χ1n) is 6.05. The van der Waals surface area contributed by atoms with E-state index in [9.17, 15) is 8.42 Å². The molecule has 7 heteroatoms. The summed E-state index contributed by atoms with van der Waals surface area (Å²) in [6.07, 6.45) is 0.388. The van der Waals surface area contributed by atoms with E-state index in [1.165, 1.54) is 5.56 Å². The van der Waals surface area contributed by atoms with Gasteiger partial charge in [-0.1, -0.05) is 20.8 Å². The monoisotopic (exact) mass is 542 g/mol. The van der Waals surface area contributed by atoms with Crippen LogP contribution in [-0.4, -0.2) is 20.8 Å². The Labute approximate surface area is 152 Å². The molecular weight excluding hydrogens is 525 g/mol. The zero-order chi connectivity index (χ0) is 15.6. The zero-order valence-corrected chi connectivity index (χ0v) is 17.4. The Bertz CT molecular complexity index is 557. The van der Waals surface area contributed by atoms with Gasteiger partial charge in [0.15, 0.2) is 0 Å². The number of ether oxygens (including phenoxy) is 1. The van der Waals surface area contributed by atoms with Crippen LogP contribution in [0.1, 0.15) is 32.8 Å². The summed E-state index contributed by atoms with van der Waals surface area (Å²) in [5.41, 5.74) is 1.34. The maximum absolute atomic E-state index is 10.8. The molecule has 0 aliphatic heterocycles. The number of rotatable bonds is 5. The normalized spacial score (nSPS) is 12.5. The van der Waals surface area contributed by atoms with Crippen LogP contribution in [0.2, 0.25) is 0 Å². The van der Waals surface area contributed by atoms with Crippen molar-refractivity contribution >= 4 is 64.9 Å². The highest BCUT2D eigenvalue weighted by molar-refractivity contribution is 14.1. The van der Waals surface area contributed by atoms with E-state index in [1.54, 1.807) is 0 Å². The minimum Gasteiger partial charge on any atom is -0.491 e. The lowest BCUT2D eigenvalue weighted by atomic mass is 9.87. The maximum Gasteiger partial charge on any atom is 0.232 e. The molecule has 1 rings (SSSR count). The van der Waals surface area contributed by atoms with Gasteiger partial charge in [-0.15, -0.1) is 0 Å². The van der Waals surface area contributed by atoms with Crippen LogP contribution in [0.3, 0.4) is 0 Å². The molecule has 0 saturated heterocycles. The molecular formula is C13H17ClI2O3S. The fourth-order valence-electron chi connectivity index (χ4n) is 1.54. The second-order valence-electron chi connectivity index (χ2n) is 5.46. The van der Waals surface area contributed by atoms with Crippen LogP contribution in [0.25, 0.3) is 0 Å². The van der Waals surface area contributed by atoms with Crippen molar-refractivity contribution in [3.63, 3.8) is 0 Å². The third-order valence-corrected chi connectivity index (χ3v) is 5.49. The summed E-state index contributed by atoms with van der Waals surface area (Å²) in [5.74, 6) is 0.744. The first kappa shape index (κ1) is 18.8. The second-order valence-corrected chi connectivity index (χ2v) is 10.7. The van der Waals surface area contributed by atoms with Gasteiger partial charge in [-0.2, -0.15) is 0 Å². The van der Waals surface area contributed by atoms with E-state index in [0.29, 0.717) is 13.0 Å². The number of hydrogen-bond donors (Lipinski definition) is 0. The lowest BCUT2D eigenvalue weighted by Gasteiger charge is -2.21. The Balaban J connectivity index is 2.77. The van der Waals surface area contributed by atoms with E-state index < -0.39 is 9.05 Å². The minimum atomic E-state index is -3.44. The molecule has 0 unspecified atom stereocenters. The molecule has 20 heavy (non-hydrogen) atoms. The van der Waals surface area contributed by atoms with Gasteiger partial charge in [-0.25, -0.2) is 8.42 Å². The van der Waals surface area contributed by atoms with Gasteiger partial charge >= 0.3 is 0 Å². The molecule has 1 aromatic rings. The van der Waals surface area contributed by atoms with Crippen molar-refractivity contribution in [3.05, 3.63) is 24.8 Å². The maximum atomic E-state index is 10.8. The van der Waals surface area contributed by atoms with Crippen molar-refractivity contribution in [2.45, 2.75) is 32.6 Å². The highest BCUT2D eigenvalue weighted by Crippen LogP contribution is 2.33. The molecule has 0 spiro atoms. The summed E-state index contributed by atoms with van der Waals surface area (Å²) in [6.45, 7) is 6.84. The lowest BCUT2D eigenvalue weighted by Crippen LogP contribution is -2.13. The Morgan fingerprint density at radius 3 is 2.10 bits per heavy atom. The number of halogens is 3. The van der Waals surface area contributed by atoms with Crippen molar-refractivity contribution in [1.82, 2.24) is 0 Å². The molecule has 0 atom stereocenters. The summed E-state index contributed by atoms with van der Waals surface area (Å²) in [7, 11) is 1.73. The van der Waals surface area contributed by atoms with Crippen LogP contribution in [0.15, 0.2) is 12.1 Å². The van der Waals surface area contributed by atoms with E-state index in [0.717, 1.165) is 12.9 Å². The summed E-state index contributed by atoms with van der Waals surface area (Å²) in [4.78, 5) is 0. The van der Waals surface area contributed by atoms with Crippen molar-refractivity contribution in [3.8, 4) is 5.75 Å². The summed E-state index contributed by atoms with van der Waals surface area (Å²) in [5, 5.41) is 0. The van der Waals surface area contributed by atoms with Crippen molar-refractivity contribution in [1.29, 1.82) is 0 Å². The smallest absolute Gasteiger partial charge is 0.232 e. The number of benzene rings is 1. The summed E-state index contributed by atoms with van der Waals surface area (Å²) in [6, 6.07) is 4.21. The first-order chi connectivity index (χ1) is 9.00. The van der Waals surface area contributed by atoms with Crippen LogP contribution >= 0.6 is 55.9 Å². The predicted molar refractivity (Wildman–Crippen MR) is 100 cm³/mol. The fraction of sp³-hybridized carbons (Fsp3) is 0.538. The van der Waals surface area contributed by atoms with Gasteiger partial charge < -0.3 is 4.74 Å². The Morgan fingerprint density at radius 1 is 1.20 bits per heavy atom. The molecule has 0 aliphatic carbocycles. The van der Waals surface area contributed by atoms with Crippen molar-refractivity contribution in [2.75, 3.05) is 12.4 Å². The first-order valence-corrected chi connectivity index (χ1v) is 10.7. The van der Waals surface area contributed by atoms with Crippen LogP contribution in [0.4, 0.5) is 0 Å². The zero-order valence-electron chi connectivity index (χ0n) is 11.5. The molecule has 0 fully saturated rings. The Morgan fingerprint density at radius 2 is 1.70 bits per heavy atom. The van der Waals surface area contributed by atoms with Crippen LogP contribution in [0.5, 0.6) is 5.75 Å². The van der Waals surface area contributed by atoms with Gasteiger partial charge in [0, 0.05) is 10.7 Å². The lowest BCUT2D eigenvalue weighted by molar-refractivity contribution is 0.313. The molecule has 0 amide bonds. The van der Waals surface area contributed by atoms with Gasteiger partial charge in [-0.3, -0.25) is 0 Å². The van der Waals surface area contributed by atoms with Gasteiger partial charge in [-0.05, 0) is 74.7 Å². The standard InChI is InChI=1S/C13H17ClI2O3S/c1-13(2,3)9-7-10(15)12(11(16)8-9)19-5-4-6-20(14,17)18/h7-8H,4-6H2,1-3H3. The molecule has 0 aliphatic rings. The molecule has 0 N–H and O–H groups in total. The second kappa shape index (κ2) is 7.32. The van der Waals surface area contributed by atoms with Crippen molar-refractivity contribution < 1.29 is 13.2 Å². The molecule has 0 aromatic heterocycles. The van der Waals surface area contributed by atoms with E-state index in [1.807, 2.05) is 0 Å². The Kier molecular flexibility index (Phi) is 6.87. The average molecular weight is 543 g/mol. The van der Waals surface area contributed by atoms with Gasteiger partial charge in [0.25, 0.3) is 0 Å². The predicted octanol–water partition coefficient (Wildman–Crippen LogP) is 4.53. The topological polar surface area (TPSA) is 43.4 Å². The molecule has 0 heterocycles. The summed E-state index contributed by atoms with van der Waals surface area (Å²) >= 11 is 4.49. The van der Waals surface area contributed by atoms with Gasteiger partial charge in [0.1, 0.15) is 5.75 Å². The van der Waals surface area contributed by atoms with E-state index in [-0.39, 0.29) is 11.2 Å². The third kappa shape index (κ3) is 6.23. The van der Waals surface area contributed by atoms with E-state index in [2.05, 4.69) is 78.1 Å². The van der Waals surface area contributed by atoms with E-state index >= 15 is 0 Å². The fourth-order valence-corrected chi connectivity index (χ4v) is 4.41. The molecule has 0 saturated carbocycles. The average Bonchev–Trinajstić information content (AvgIpc) is 2.23. The van der Waals surface area contributed by atoms with Gasteiger partial charge in [0.05, 0.1) is 19.5 Å². The van der Waals surface area contributed by atoms with Gasteiger partial charge in [0.2, 0.25) is 9.05 Å². The molecule has 1 aromatic carbocycles. The van der Waals surface area contributed by atoms with E-state index in [4.69, 9.17) is 15.4 Å². The SMILES string of the molecule is CC(C)(C)c1cc(I)c(OCCCS(=O)(=O)Cl)c(I)c1. The highest BCUT2D eigenvalue weighted by Gasteiger charge is 2.18. The van der Waals surface area contributed by atoms with Crippen LogP contribution in [-0.2, 0) is 14.5 Å². The quantitative estimate of drug-likeness (QED) is 0.312. The highest BCUT2D eigenvalue weighted by atomic mass is 127. The summed E-state index contributed by atoms with van der Waals surface area (Å²) < 4.78 is 29.4. The van der Waals surface area contributed by atoms with Crippen LogP contribution in [0, 0.1) is 7.14 Å². The molecule has 3 nitrogen and oxygen atoms in total. The number of hydrogen-bond acceptors (Lipinski definition) is 3. The third-order valence-electron chi connectivity index (χ3n) is 2.64.